The van der Waals surface area contributed by atoms with Crippen molar-refractivity contribution in [2.75, 3.05) is 13.1 Å². The van der Waals surface area contributed by atoms with E-state index in [1.807, 2.05) is 44.5 Å². The first-order valence-electron chi connectivity index (χ1n) is 10.1. The molecule has 0 aliphatic rings. The van der Waals surface area contributed by atoms with Crippen molar-refractivity contribution in [3.63, 3.8) is 0 Å². The van der Waals surface area contributed by atoms with Gasteiger partial charge in [-0.2, -0.15) is 9.30 Å². The molecule has 0 fully saturated rings. The van der Waals surface area contributed by atoms with Gasteiger partial charge in [-0.25, -0.2) is 8.42 Å². The van der Waals surface area contributed by atoms with Crippen molar-refractivity contribution in [1.82, 2.24) is 8.87 Å². The van der Waals surface area contributed by atoms with Crippen LogP contribution in [-0.2, 0) is 17.1 Å². The third-order valence-electron chi connectivity index (χ3n) is 4.94. The third kappa shape index (κ3) is 4.92. The number of amides is 1. The van der Waals surface area contributed by atoms with Crippen molar-refractivity contribution in [3.05, 3.63) is 57.3 Å². The summed E-state index contributed by atoms with van der Waals surface area (Å²) in [6.45, 7) is 6.80. The van der Waals surface area contributed by atoms with Gasteiger partial charge < -0.3 is 4.57 Å². The first kappa shape index (κ1) is 23.7. The maximum absolute atomic E-state index is 12.9. The highest BCUT2D eigenvalue weighted by molar-refractivity contribution is 7.89. The van der Waals surface area contributed by atoms with Crippen LogP contribution in [0.2, 0.25) is 5.02 Å². The Morgan fingerprint density at radius 2 is 1.74 bits per heavy atom. The van der Waals surface area contributed by atoms with Crippen molar-refractivity contribution in [2.45, 2.75) is 38.5 Å². The number of aryl methyl sites for hydroxylation is 2. The minimum Gasteiger partial charge on any atom is -0.319 e. The molecular formula is C22H26ClN3O3S2. The van der Waals surface area contributed by atoms with Crippen molar-refractivity contribution in [3.8, 4) is 0 Å². The molecule has 0 saturated carbocycles. The normalized spacial score (nSPS) is 12.8. The molecule has 1 heterocycles. The van der Waals surface area contributed by atoms with Gasteiger partial charge in [0.05, 0.1) is 15.1 Å². The first-order chi connectivity index (χ1) is 14.7. The third-order valence-corrected chi connectivity index (χ3v) is 8.15. The van der Waals surface area contributed by atoms with Crippen LogP contribution in [0.5, 0.6) is 0 Å². The van der Waals surface area contributed by atoms with Gasteiger partial charge in [-0.3, -0.25) is 4.79 Å². The molecule has 1 amide bonds. The first-order valence-corrected chi connectivity index (χ1v) is 12.8. The second kappa shape index (κ2) is 9.65. The summed E-state index contributed by atoms with van der Waals surface area (Å²) in [4.78, 5) is 17.7. The molecule has 166 valence electrons. The Labute approximate surface area is 191 Å². The fraction of sp³-hybridized carbons (Fsp3) is 0.364. The second-order valence-corrected chi connectivity index (χ2v) is 10.7. The van der Waals surface area contributed by atoms with Crippen molar-refractivity contribution < 1.29 is 13.2 Å². The van der Waals surface area contributed by atoms with Gasteiger partial charge in [-0.15, -0.1) is 0 Å². The fourth-order valence-corrected chi connectivity index (χ4v) is 6.59. The molecule has 0 N–H and O–H groups in total. The Hall–Kier alpha value is -2.00. The van der Waals surface area contributed by atoms with Crippen LogP contribution in [0.1, 0.15) is 42.6 Å². The molecule has 0 radical (unpaired) electrons. The molecule has 0 aliphatic heterocycles. The van der Waals surface area contributed by atoms with Gasteiger partial charge >= 0.3 is 0 Å². The SMILES string of the molecule is CCCN(CCC)S(=O)(=O)c1ccc(C(=O)N=c2sc3cc(Cl)cc(C)c3n2C)cc1. The van der Waals surface area contributed by atoms with Crippen LogP contribution in [0.25, 0.3) is 10.2 Å². The molecule has 6 nitrogen and oxygen atoms in total. The number of benzene rings is 2. The van der Waals surface area contributed by atoms with Gasteiger partial charge in [0.1, 0.15) is 0 Å². The molecule has 0 saturated heterocycles. The van der Waals surface area contributed by atoms with Crippen LogP contribution in [-0.4, -0.2) is 36.3 Å². The van der Waals surface area contributed by atoms with Crippen LogP contribution < -0.4 is 4.80 Å². The summed E-state index contributed by atoms with van der Waals surface area (Å²) in [5.74, 6) is -0.422. The van der Waals surface area contributed by atoms with Crippen LogP contribution >= 0.6 is 22.9 Å². The van der Waals surface area contributed by atoms with E-state index >= 15 is 0 Å². The molecule has 31 heavy (non-hydrogen) atoms. The van der Waals surface area contributed by atoms with Gasteiger partial charge in [0.25, 0.3) is 5.91 Å². The number of hydrogen-bond donors (Lipinski definition) is 0. The second-order valence-electron chi connectivity index (χ2n) is 7.36. The summed E-state index contributed by atoms with van der Waals surface area (Å²) in [6.07, 6.45) is 1.48. The Morgan fingerprint density at radius 3 is 2.32 bits per heavy atom. The van der Waals surface area contributed by atoms with Gasteiger partial charge in [-0.1, -0.05) is 36.8 Å². The zero-order chi connectivity index (χ0) is 22.8. The standard InChI is InChI=1S/C22H26ClN3O3S2/c1-5-11-26(12-6-2)31(28,29)18-9-7-16(8-10-18)21(27)24-22-25(4)20-15(3)13-17(23)14-19(20)30-22/h7-10,13-14H,5-6,11-12H2,1-4H3. The van der Waals surface area contributed by atoms with Gasteiger partial charge in [-0.05, 0) is 61.7 Å². The van der Waals surface area contributed by atoms with Crippen molar-refractivity contribution in [1.29, 1.82) is 0 Å². The molecule has 3 aromatic rings. The lowest BCUT2D eigenvalue weighted by Gasteiger charge is -2.21. The number of thiazole rings is 1. The highest BCUT2D eigenvalue weighted by Gasteiger charge is 2.23. The highest BCUT2D eigenvalue weighted by atomic mass is 35.5. The number of fused-ring (bicyclic) bond motifs is 1. The number of rotatable bonds is 7. The molecule has 9 heteroatoms. The maximum atomic E-state index is 12.9. The average molecular weight is 480 g/mol. The van der Waals surface area contributed by atoms with E-state index in [-0.39, 0.29) is 4.90 Å². The number of carbonyl (C=O) groups excluding carboxylic acids is 1. The number of sulfonamides is 1. The number of carbonyl (C=O) groups is 1. The summed E-state index contributed by atoms with van der Waals surface area (Å²) < 4.78 is 30.1. The number of aromatic nitrogens is 1. The molecule has 0 spiro atoms. The predicted octanol–water partition coefficient (Wildman–Crippen LogP) is 4.75. The Morgan fingerprint density at radius 1 is 1.13 bits per heavy atom. The quantitative estimate of drug-likeness (QED) is 0.490. The molecule has 0 bridgehead atoms. The van der Waals surface area contributed by atoms with E-state index in [2.05, 4.69) is 4.99 Å². The minimum absolute atomic E-state index is 0.184. The predicted molar refractivity (Wildman–Crippen MR) is 126 cm³/mol. The lowest BCUT2D eigenvalue weighted by Crippen LogP contribution is -2.32. The maximum Gasteiger partial charge on any atom is 0.279 e. The van der Waals surface area contributed by atoms with E-state index in [1.54, 1.807) is 0 Å². The number of hydrogen-bond acceptors (Lipinski definition) is 4. The van der Waals surface area contributed by atoms with E-state index in [0.717, 1.165) is 28.6 Å². The zero-order valence-corrected chi connectivity index (χ0v) is 20.4. The summed E-state index contributed by atoms with van der Waals surface area (Å²) in [7, 11) is -1.72. The van der Waals surface area contributed by atoms with Crippen LogP contribution in [0.3, 0.4) is 0 Å². The van der Waals surface area contributed by atoms with Crippen molar-refractivity contribution >= 4 is 49.1 Å². The minimum atomic E-state index is -3.58. The van der Waals surface area contributed by atoms with Crippen LogP contribution in [0.15, 0.2) is 46.3 Å². The molecule has 0 unspecified atom stereocenters. The topological polar surface area (TPSA) is 71.7 Å². The molecule has 2 aromatic carbocycles. The fourth-order valence-electron chi connectivity index (χ4n) is 3.49. The lowest BCUT2D eigenvalue weighted by molar-refractivity contribution is 0.0998. The molecule has 0 atom stereocenters. The number of nitrogens with zero attached hydrogens (tertiary/aromatic N) is 3. The zero-order valence-electron chi connectivity index (χ0n) is 18.1. The largest absolute Gasteiger partial charge is 0.319 e. The molecule has 1 aromatic heterocycles. The van der Waals surface area contributed by atoms with Gasteiger partial charge in [0, 0.05) is 30.7 Å². The van der Waals surface area contributed by atoms with E-state index in [0.29, 0.717) is 28.5 Å². The monoisotopic (exact) mass is 479 g/mol. The van der Waals surface area contributed by atoms with Crippen molar-refractivity contribution in [2.24, 2.45) is 12.0 Å². The van der Waals surface area contributed by atoms with Gasteiger partial charge in [0.15, 0.2) is 4.80 Å². The summed E-state index contributed by atoms with van der Waals surface area (Å²) >= 11 is 7.53. The van der Waals surface area contributed by atoms with E-state index in [1.165, 1.54) is 39.9 Å². The summed E-state index contributed by atoms with van der Waals surface area (Å²) in [6, 6.07) is 9.72. The molecular weight excluding hydrogens is 454 g/mol. The summed E-state index contributed by atoms with van der Waals surface area (Å²) in [5, 5.41) is 0.640. The van der Waals surface area contributed by atoms with E-state index in [4.69, 9.17) is 11.6 Å². The van der Waals surface area contributed by atoms with Crippen LogP contribution in [0, 0.1) is 6.92 Å². The number of halogens is 1. The Kier molecular flexibility index (Phi) is 7.36. The van der Waals surface area contributed by atoms with E-state index in [9.17, 15) is 13.2 Å². The Bertz CT molecular complexity index is 1270. The Balaban J connectivity index is 1.93. The molecule has 0 aliphatic carbocycles. The highest BCUT2D eigenvalue weighted by Crippen LogP contribution is 2.25. The smallest absolute Gasteiger partial charge is 0.279 e. The lowest BCUT2D eigenvalue weighted by atomic mass is 10.2. The average Bonchev–Trinajstić information content (AvgIpc) is 3.03. The summed E-state index contributed by atoms with van der Waals surface area (Å²) in [5.41, 5.74) is 2.33. The van der Waals surface area contributed by atoms with Gasteiger partial charge in [0.2, 0.25) is 10.0 Å². The van der Waals surface area contributed by atoms with E-state index < -0.39 is 15.9 Å². The van der Waals surface area contributed by atoms with Crippen LogP contribution in [0.4, 0.5) is 0 Å². The molecule has 3 rings (SSSR count).